The lowest BCUT2D eigenvalue weighted by Crippen LogP contribution is -2.37. The van der Waals surface area contributed by atoms with Crippen LogP contribution in [0.25, 0.3) is 10.8 Å². The molecule has 0 spiro atoms. The number of hydrogen-bond donors (Lipinski definition) is 1. The van der Waals surface area contributed by atoms with Gasteiger partial charge in [0, 0.05) is 11.1 Å². The smallest absolute Gasteiger partial charge is 0.246 e. The Kier molecular flexibility index (Phi) is 6.73. The number of aromatic nitrogens is 2. The van der Waals surface area contributed by atoms with Crippen molar-refractivity contribution in [3.63, 3.8) is 0 Å². The van der Waals surface area contributed by atoms with Crippen LogP contribution in [-0.2, 0) is 20.6 Å². The number of sulfonamides is 1. The average Bonchev–Trinajstić information content (AvgIpc) is 3.23. The standard InChI is InChI=1S/C22H20N4O3S3/c1-32(28,29)26(19-13-7-11-17-10-5-6-12-18(17)19)14-20(27)23-21-24-25-22(31-21)30-15-16-8-3-2-4-9-16/h2-13H,14-15H2,1H3,(H,23,24,27). The summed E-state index contributed by atoms with van der Waals surface area (Å²) in [7, 11) is -3.70. The fourth-order valence-electron chi connectivity index (χ4n) is 3.13. The van der Waals surface area contributed by atoms with Crippen molar-refractivity contribution in [2.45, 2.75) is 10.1 Å². The Bertz CT molecular complexity index is 1340. The topological polar surface area (TPSA) is 92.3 Å². The number of nitrogens with one attached hydrogen (secondary N) is 1. The lowest BCUT2D eigenvalue weighted by Gasteiger charge is -2.23. The van der Waals surface area contributed by atoms with Gasteiger partial charge in [0.05, 0.1) is 11.9 Å². The molecule has 0 saturated carbocycles. The molecule has 0 radical (unpaired) electrons. The summed E-state index contributed by atoms with van der Waals surface area (Å²) in [6, 6.07) is 22.8. The van der Waals surface area contributed by atoms with Gasteiger partial charge in [-0.1, -0.05) is 89.8 Å². The zero-order chi connectivity index (χ0) is 22.6. The predicted octanol–water partition coefficient (Wildman–Crippen LogP) is 4.39. The van der Waals surface area contributed by atoms with Crippen molar-refractivity contribution in [2.24, 2.45) is 0 Å². The molecule has 1 heterocycles. The largest absolute Gasteiger partial charge is 0.299 e. The molecule has 164 valence electrons. The molecule has 0 bridgehead atoms. The second kappa shape index (κ2) is 9.68. The van der Waals surface area contributed by atoms with Crippen molar-refractivity contribution in [1.82, 2.24) is 10.2 Å². The fraction of sp³-hybridized carbons (Fsp3) is 0.136. The van der Waals surface area contributed by atoms with E-state index < -0.39 is 15.9 Å². The molecule has 3 aromatic carbocycles. The van der Waals surface area contributed by atoms with E-state index in [4.69, 9.17) is 0 Å². The average molecular weight is 485 g/mol. The number of thioether (sulfide) groups is 1. The highest BCUT2D eigenvalue weighted by Gasteiger charge is 2.23. The maximum Gasteiger partial charge on any atom is 0.246 e. The van der Waals surface area contributed by atoms with Crippen molar-refractivity contribution in [2.75, 3.05) is 22.4 Å². The van der Waals surface area contributed by atoms with Crippen LogP contribution >= 0.6 is 23.1 Å². The number of anilines is 2. The zero-order valence-corrected chi connectivity index (χ0v) is 19.6. The van der Waals surface area contributed by atoms with E-state index >= 15 is 0 Å². The minimum Gasteiger partial charge on any atom is -0.299 e. The Morgan fingerprint density at radius 3 is 2.50 bits per heavy atom. The Hall–Kier alpha value is -2.95. The molecule has 0 fully saturated rings. The van der Waals surface area contributed by atoms with Gasteiger partial charge in [-0.15, -0.1) is 10.2 Å². The molecular formula is C22H20N4O3S3. The van der Waals surface area contributed by atoms with E-state index in [-0.39, 0.29) is 6.54 Å². The number of carbonyl (C=O) groups is 1. The normalized spacial score (nSPS) is 11.4. The summed E-state index contributed by atoms with van der Waals surface area (Å²) < 4.78 is 26.8. The first-order valence-corrected chi connectivity index (χ1v) is 13.3. The molecule has 0 atom stereocenters. The summed E-state index contributed by atoms with van der Waals surface area (Å²) in [5.74, 6) is 0.255. The van der Waals surface area contributed by atoms with Crippen molar-refractivity contribution < 1.29 is 13.2 Å². The van der Waals surface area contributed by atoms with Gasteiger partial charge in [0.25, 0.3) is 0 Å². The number of hydrogen-bond acceptors (Lipinski definition) is 7. The molecule has 0 saturated heterocycles. The molecule has 0 aliphatic carbocycles. The minimum atomic E-state index is -3.70. The van der Waals surface area contributed by atoms with Gasteiger partial charge in [0.1, 0.15) is 6.54 Å². The summed E-state index contributed by atoms with van der Waals surface area (Å²) in [5.41, 5.74) is 1.62. The van der Waals surface area contributed by atoms with Gasteiger partial charge in [-0.3, -0.25) is 14.4 Å². The highest BCUT2D eigenvalue weighted by molar-refractivity contribution is 8.00. The molecule has 1 amide bonds. The molecule has 4 rings (SSSR count). The number of nitrogens with zero attached hydrogens (tertiary/aromatic N) is 3. The first-order valence-electron chi connectivity index (χ1n) is 9.66. The van der Waals surface area contributed by atoms with Gasteiger partial charge in [-0.2, -0.15) is 0 Å². The number of carbonyl (C=O) groups excluding carboxylic acids is 1. The molecule has 4 aromatic rings. The molecule has 10 heteroatoms. The van der Waals surface area contributed by atoms with Crippen LogP contribution in [0, 0.1) is 0 Å². The molecule has 32 heavy (non-hydrogen) atoms. The highest BCUT2D eigenvalue weighted by atomic mass is 32.2. The number of rotatable bonds is 8. The van der Waals surface area contributed by atoms with Crippen LogP contribution in [0.15, 0.2) is 77.1 Å². The molecule has 0 aliphatic heterocycles. The van der Waals surface area contributed by atoms with Crippen LogP contribution < -0.4 is 9.62 Å². The second-order valence-corrected chi connectivity index (χ2v) is 11.1. The van der Waals surface area contributed by atoms with Gasteiger partial charge in [-0.05, 0) is 17.0 Å². The van der Waals surface area contributed by atoms with Crippen LogP contribution in [0.1, 0.15) is 5.56 Å². The zero-order valence-electron chi connectivity index (χ0n) is 17.1. The molecular weight excluding hydrogens is 464 g/mol. The van der Waals surface area contributed by atoms with Gasteiger partial charge in [-0.25, -0.2) is 8.42 Å². The van der Waals surface area contributed by atoms with E-state index in [1.165, 1.54) is 23.1 Å². The van der Waals surface area contributed by atoms with E-state index in [0.717, 1.165) is 37.0 Å². The van der Waals surface area contributed by atoms with E-state index in [9.17, 15) is 13.2 Å². The maximum atomic E-state index is 12.7. The lowest BCUT2D eigenvalue weighted by molar-refractivity contribution is -0.114. The number of amides is 1. The summed E-state index contributed by atoms with van der Waals surface area (Å²) in [5, 5.41) is 12.7. The molecule has 0 aliphatic rings. The quantitative estimate of drug-likeness (QED) is 0.295. The van der Waals surface area contributed by atoms with E-state index in [1.54, 1.807) is 12.1 Å². The summed E-state index contributed by atoms with van der Waals surface area (Å²) in [6.07, 6.45) is 1.09. The molecule has 0 unspecified atom stereocenters. The Morgan fingerprint density at radius 2 is 1.72 bits per heavy atom. The van der Waals surface area contributed by atoms with Gasteiger partial charge >= 0.3 is 0 Å². The van der Waals surface area contributed by atoms with Gasteiger partial charge in [0.15, 0.2) is 4.34 Å². The van der Waals surface area contributed by atoms with Gasteiger partial charge < -0.3 is 0 Å². The number of benzene rings is 3. The van der Waals surface area contributed by atoms with Crippen molar-refractivity contribution in [3.05, 3.63) is 78.4 Å². The van der Waals surface area contributed by atoms with E-state index in [2.05, 4.69) is 15.5 Å². The van der Waals surface area contributed by atoms with Crippen LogP contribution in [-0.4, -0.2) is 37.3 Å². The van der Waals surface area contributed by atoms with E-state index in [1.807, 2.05) is 60.7 Å². The van der Waals surface area contributed by atoms with Gasteiger partial charge in [0.2, 0.25) is 21.1 Å². The second-order valence-electron chi connectivity index (χ2n) is 6.96. The molecule has 7 nitrogen and oxygen atoms in total. The van der Waals surface area contributed by atoms with Crippen LogP contribution in [0.4, 0.5) is 10.8 Å². The first kappa shape index (κ1) is 22.3. The summed E-state index contributed by atoms with van der Waals surface area (Å²) >= 11 is 2.78. The third kappa shape index (κ3) is 5.45. The third-order valence-electron chi connectivity index (χ3n) is 4.58. The van der Waals surface area contributed by atoms with Crippen molar-refractivity contribution in [3.8, 4) is 0 Å². The highest BCUT2D eigenvalue weighted by Crippen LogP contribution is 2.30. The molecule has 1 aromatic heterocycles. The predicted molar refractivity (Wildman–Crippen MR) is 131 cm³/mol. The lowest BCUT2D eigenvalue weighted by atomic mass is 10.1. The Morgan fingerprint density at radius 1 is 1.00 bits per heavy atom. The van der Waals surface area contributed by atoms with E-state index in [0.29, 0.717) is 10.8 Å². The fourth-order valence-corrected chi connectivity index (χ4v) is 5.73. The van der Waals surface area contributed by atoms with Crippen LogP contribution in [0.2, 0.25) is 0 Å². The summed E-state index contributed by atoms with van der Waals surface area (Å²) in [4.78, 5) is 12.7. The Labute approximate surface area is 194 Å². The summed E-state index contributed by atoms with van der Waals surface area (Å²) in [6.45, 7) is -0.362. The van der Waals surface area contributed by atoms with Crippen LogP contribution in [0.3, 0.4) is 0 Å². The van der Waals surface area contributed by atoms with Crippen LogP contribution in [0.5, 0.6) is 0 Å². The Balaban J connectivity index is 1.46. The number of fused-ring (bicyclic) bond motifs is 1. The molecule has 1 N–H and O–H groups in total. The van der Waals surface area contributed by atoms with Crippen molar-refractivity contribution >= 4 is 60.6 Å². The maximum absolute atomic E-state index is 12.7. The SMILES string of the molecule is CS(=O)(=O)N(CC(=O)Nc1nnc(SCc2ccccc2)s1)c1cccc2ccccc12. The minimum absolute atomic E-state index is 0.330. The monoisotopic (exact) mass is 484 g/mol. The third-order valence-corrected chi connectivity index (χ3v) is 7.75. The van der Waals surface area contributed by atoms with Crippen molar-refractivity contribution in [1.29, 1.82) is 0 Å². The first-order chi connectivity index (χ1) is 15.4.